The van der Waals surface area contributed by atoms with Crippen molar-refractivity contribution < 1.29 is 10.0 Å². The second-order valence-electron chi connectivity index (χ2n) is 3.95. The predicted molar refractivity (Wildman–Crippen MR) is 76.2 cm³/mol. The van der Waals surface area contributed by atoms with E-state index in [1.54, 1.807) is 30.3 Å². The molecule has 5 nitrogen and oxygen atoms in total. The van der Waals surface area contributed by atoms with Crippen LogP contribution in [0.5, 0.6) is 5.75 Å². The summed E-state index contributed by atoms with van der Waals surface area (Å²) in [7, 11) is 0. The first kappa shape index (κ1) is 13.4. The summed E-state index contributed by atoms with van der Waals surface area (Å²) < 4.78 is 0.457. The fourth-order valence-electron chi connectivity index (χ4n) is 1.63. The molecule has 2 aromatic carbocycles. The lowest BCUT2D eigenvalue weighted by molar-refractivity contribution is -0.385. The second-order valence-corrected chi connectivity index (χ2v) is 4.80. The highest BCUT2D eigenvalue weighted by molar-refractivity contribution is 9.10. The summed E-state index contributed by atoms with van der Waals surface area (Å²) >= 11 is 3.14. The van der Waals surface area contributed by atoms with Gasteiger partial charge in [0, 0.05) is 24.4 Å². The first-order valence-corrected chi connectivity index (χ1v) is 6.31. The van der Waals surface area contributed by atoms with Crippen LogP contribution in [-0.2, 0) is 6.54 Å². The van der Waals surface area contributed by atoms with Crippen LogP contribution in [-0.4, -0.2) is 10.0 Å². The van der Waals surface area contributed by atoms with Crippen molar-refractivity contribution in [3.63, 3.8) is 0 Å². The summed E-state index contributed by atoms with van der Waals surface area (Å²) in [5.74, 6) is 0.173. The molecule has 0 unspecified atom stereocenters. The molecular formula is C13H11BrN2O3. The van der Waals surface area contributed by atoms with E-state index in [0.717, 1.165) is 11.3 Å². The Bertz CT molecular complexity index is 617. The standard InChI is InChI=1S/C13H11BrN2O3/c14-12-5-4-9(6-13(12)16(18)19)8-15-10-2-1-3-11(17)7-10/h1-7,15,17H,8H2. The van der Waals surface area contributed by atoms with Crippen LogP contribution in [0, 0.1) is 10.1 Å². The number of hydrogen-bond donors (Lipinski definition) is 2. The normalized spacial score (nSPS) is 10.2. The number of halogens is 1. The molecule has 0 bridgehead atoms. The van der Waals surface area contributed by atoms with Gasteiger partial charge in [-0.2, -0.15) is 0 Å². The van der Waals surface area contributed by atoms with Crippen molar-refractivity contribution in [2.45, 2.75) is 6.54 Å². The molecule has 0 spiro atoms. The molecule has 0 saturated heterocycles. The molecule has 0 aliphatic rings. The molecule has 2 N–H and O–H groups in total. The van der Waals surface area contributed by atoms with Gasteiger partial charge >= 0.3 is 0 Å². The number of phenolic OH excluding ortho intramolecular Hbond substituents is 1. The van der Waals surface area contributed by atoms with Gasteiger partial charge in [0.2, 0.25) is 0 Å². The van der Waals surface area contributed by atoms with Gasteiger partial charge in [0.05, 0.1) is 9.40 Å². The maximum atomic E-state index is 10.8. The van der Waals surface area contributed by atoms with Gasteiger partial charge in [0.1, 0.15) is 5.75 Å². The summed E-state index contributed by atoms with van der Waals surface area (Å²) in [5.41, 5.74) is 1.58. The number of phenols is 1. The van der Waals surface area contributed by atoms with Crippen LogP contribution in [0.1, 0.15) is 5.56 Å². The molecule has 2 rings (SSSR count). The summed E-state index contributed by atoms with van der Waals surface area (Å²) in [6, 6.07) is 11.7. The van der Waals surface area contributed by atoms with Gasteiger partial charge in [-0.25, -0.2) is 0 Å². The van der Waals surface area contributed by atoms with Gasteiger partial charge in [-0.1, -0.05) is 12.1 Å². The Morgan fingerprint density at radius 3 is 2.74 bits per heavy atom. The van der Waals surface area contributed by atoms with Crippen LogP contribution in [0.15, 0.2) is 46.9 Å². The van der Waals surface area contributed by atoms with Crippen LogP contribution < -0.4 is 5.32 Å². The van der Waals surface area contributed by atoms with Gasteiger partial charge in [-0.3, -0.25) is 10.1 Å². The molecule has 0 aliphatic heterocycles. The fraction of sp³-hybridized carbons (Fsp3) is 0.0769. The quantitative estimate of drug-likeness (QED) is 0.665. The number of aromatic hydroxyl groups is 1. The average molecular weight is 323 g/mol. The van der Waals surface area contributed by atoms with E-state index in [-0.39, 0.29) is 11.4 Å². The number of hydrogen-bond acceptors (Lipinski definition) is 4. The highest BCUT2D eigenvalue weighted by Gasteiger charge is 2.11. The Morgan fingerprint density at radius 2 is 2.05 bits per heavy atom. The Kier molecular flexibility index (Phi) is 4.01. The number of nitro benzene ring substituents is 1. The van der Waals surface area contributed by atoms with Crippen LogP contribution in [0.3, 0.4) is 0 Å². The molecular weight excluding hydrogens is 312 g/mol. The molecule has 0 amide bonds. The van der Waals surface area contributed by atoms with Crippen molar-refractivity contribution in [2.24, 2.45) is 0 Å². The first-order valence-electron chi connectivity index (χ1n) is 5.52. The Morgan fingerprint density at radius 1 is 1.26 bits per heavy atom. The van der Waals surface area contributed by atoms with Crippen LogP contribution in [0.4, 0.5) is 11.4 Å². The number of rotatable bonds is 4. The third kappa shape index (κ3) is 3.45. The molecule has 0 radical (unpaired) electrons. The molecule has 0 saturated carbocycles. The lowest BCUT2D eigenvalue weighted by atomic mass is 10.2. The molecule has 0 aromatic heterocycles. The average Bonchev–Trinajstić information content (AvgIpc) is 2.37. The molecule has 2 aromatic rings. The number of nitrogens with one attached hydrogen (secondary N) is 1. The minimum Gasteiger partial charge on any atom is -0.508 e. The Hall–Kier alpha value is -2.08. The molecule has 0 fully saturated rings. The zero-order valence-electron chi connectivity index (χ0n) is 9.84. The van der Waals surface area contributed by atoms with E-state index < -0.39 is 4.92 Å². The Balaban J connectivity index is 2.12. The molecule has 0 atom stereocenters. The van der Waals surface area contributed by atoms with E-state index in [1.165, 1.54) is 6.07 Å². The van der Waals surface area contributed by atoms with Crippen LogP contribution in [0.2, 0.25) is 0 Å². The second kappa shape index (κ2) is 5.71. The summed E-state index contributed by atoms with van der Waals surface area (Å²) in [5, 5.41) is 23.2. The van der Waals surface area contributed by atoms with E-state index >= 15 is 0 Å². The Labute approximate surface area is 118 Å². The topological polar surface area (TPSA) is 75.4 Å². The third-order valence-corrected chi connectivity index (χ3v) is 3.22. The summed E-state index contributed by atoms with van der Waals surface area (Å²) in [6.07, 6.45) is 0. The van der Waals surface area contributed by atoms with E-state index in [0.29, 0.717) is 11.0 Å². The first-order chi connectivity index (χ1) is 9.06. The minimum absolute atomic E-state index is 0.0372. The van der Waals surface area contributed by atoms with Crippen molar-refractivity contribution >= 4 is 27.3 Å². The monoisotopic (exact) mass is 322 g/mol. The van der Waals surface area contributed by atoms with Crippen molar-refractivity contribution in [2.75, 3.05) is 5.32 Å². The number of benzene rings is 2. The third-order valence-electron chi connectivity index (χ3n) is 2.55. The zero-order valence-corrected chi connectivity index (χ0v) is 11.4. The van der Waals surface area contributed by atoms with Crippen molar-refractivity contribution in [1.29, 1.82) is 0 Å². The van der Waals surface area contributed by atoms with E-state index in [2.05, 4.69) is 21.2 Å². The van der Waals surface area contributed by atoms with E-state index in [9.17, 15) is 15.2 Å². The molecule has 19 heavy (non-hydrogen) atoms. The van der Waals surface area contributed by atoms with E-state index in [4.69, 9.17) is 0 Å². The molecule has 6 heteroatoms. The molecule has 98 valence electrons. The zero-order chi connectivity index (χ0) is 13.8. The summed E-state index contributed by atoms with van der Waals surface area (Å²) in [4.78, 5) is 10.4. The lowest BCUT2D eigenvalue weighted by Crippen LogP contribution is -2.00. The molecule has 0 aliphatic carbocycles. The largest absolute Gasteiger partial charge is 0.508 e. The smallest absolute Gasteiger partial charge is 0.283 e. The highest BCUT2D eigenvalue weighted by atomic mass is 79.9. The van der Waals surface area contributed by atoms with E-state index in [1.807, 2.05) is 6.07 Å². The van der Waals surface area contributed by atoms with Crippen LogP contribution in [0.25, 0.3) is 0 Å². The fourth-order valence-corrected chi connectivity index (χ4v) is 2.02. The maximum absolute atomic E-state index is 10.8. The van der Waals surface area contributed by atoms with Crippen LogP contribution >= 0.6 is 15.9 Å². The maximum Gasteiger partial charge on any atom is 0.283 e. The van der Waals surface area contributed by atoms with Gasteiger partial charge in [0.25, 0.3) is 5.69 Å². The number of nitro groups is 1. The van der Waals surface area contributed by atoms with Gasteiger partial charge < -0.3 is 10.4 Å². The number of anilines is 1. The van der Waals surface area contributed by atoms with Crippen molar-refractivity contribution in [1.82, 2.24) is 0 Å². The van der Waals surface area contributed by atoms with Crippen molar-refractivity contribution in [3.8, 4) is 5.75 Å². The van der Waals surface area contributed by atoms with Gasteiger partial charge in [0.15, 0.2) is 0 Å². The number of nitrogens with zero attached hydrogens (tertiary/aromatic N) is 1. The SMILES string of the molecule is O=[N+]([O-])c1cc(CNc2cccc(O)c2)ccc1Br. The van der Waals surface area contributed by atoms with Gasteiger partial charge in [-0.15, -0.1) is 0 Å². The predicted octanol–water partition coefficient (Wildman–Crippen LogP) is 3.68. The van der Waals surface area contributed by atoms with Crippen molar-refractivity contribution in [3.05, 3.63) is 62.6 Å². The summed E-state index contributed by atoms with van der Waals surface area (Å²) in [6.45, 7) is 0.442. The van der Waals surface area contributed by atoms with Gasteiger partial charge in [-0.05, 0) is 39.7 Å². The lowest BCUT2D eigenvalue weighted by Gasteiger charge is -2.07. The minimum atomic E-state index is -0.429. The molecule has 0 heterocycles. The highest BCUT2D eigenvalue weighted by Crippen LogP contribution is 2.26.